The summed E-state index contributed by atoms with van der Waals surface area (Å²) in [6, 6.07) is 11.0. The van der Waals surface area contributed by atoms with E-state index in [1.165, 1.54) is 12.1 Å². The van der Waals surface area contributed by atoms with Gasteiger partial charge in [-0.25, -0.2) is 0 Å². The van der Waals surface area contributed by atoms with Crippen LogP contribution in [0.4, 0.5) is 24.5 Å². The third kappa shape index (κ3) is 3.91. The fourth-order valence-electron chi connectivity index (χ4n) is 2.04. The first-order valence-electron chi connectivity index (χ1n) is 6.19. The molecule has 2 N–H and O–H groups in total. The average Bonchev–Trinajstić information content (AvgIpc) is 2.40. The number of alkyl halides is 3. The van der Waals surface area contributed by atoms with Gasteiger partial charge in [-0.05, 0) is 35.9 Å². The van der Waals surface area contributed by atoms with Crippen molar-refractivity contribution in [3.05, 3.63) is 58.1 Å². The Morgan fingerprint density at radius 1 is 1.10 bits per heavy atom. The summed E-state index contributed by atoms with van der Waals surface area (Å²) in [5.41, 5.74) is 6.60. The topological polar surface area (TPSA) is 29.3 Å². The molecule has 0 heterocycles. The van der Waals surface area contributed by atoms with Gasteiger partial charge in [-0.3, -0.25) is 0 Å². The predicted octanol–water partition coefficient (Wildman–Crippen LogP) is 4.69. The minimum Gasteiger partial charge on any atom is -0.399 e. The van der Waals surface area contributed by atoms with Crippen LogP contribution < -0.4 is 10.6 Å². The summed E-state index contributed by atoms with van der Waals surface area (Å²) in [5, 5.41) is 0. The summed E-state index contributed by atoms with van der Waals surface area (Å²) in [6.45, 7) is 0.361. The van der Waals surface area contributed by atoms with Gasteiger partial charge >= 0.3 is 6.18 Å². The van der Waals surface area contributed by atoms with Gasteiger partial charge in [0.05, 0.1) is 11.3 Å². The molecular formula is C15H14BrF3N2. The standard InChI is InChI=1S/C15H14BrF3N2/c1-21(9-10-2-5-12(20)6-3-10)14-8-11(16)4-7-13(14)15(17,18)19/h2-8H,9,20H2,1H3. The Labute approximate surface area is 129 Å². The quantitative estimate of drug-likeness (QED) is 0.806. The molecule has 2 nitrogen and oxygen atoms in total. The van der Waals surface area contributed by atoms with Crippen molar-refractivity contribution in [3.8, 4) is 0 Å². The molecule has 0 amide bonds. The molecule has 2 rings (SSSR count). The van der Waals surface area contributed by atoms with E-state index in [0.717, 1.165) is 11.6 Å². The van der Waals surface area contributed by atoms with Crippen molar-refractivity contribution in [3.63, 3.8) is 0 Å². The average molecular weight is 359 g/mol. The van der Waals surface area contributed by atoms with E-state index in [4.69, 9.17) is 5.73 Å². The van der Waals surface area contributed by atoms with Crippen LogP contribution in [0.15, 0.2) is 46.9 Å². The van der Waals surface area contributed by atoms with Crippen LogP contribution in [0, 0.1) is 0 Å². The van der Waals surface area contributed by atoms with E-state index in [1.54, 1.807) is 36.2 Å². The zero-order valence-corrected chi connectivity index (χ0v) is 12.9. The van der Waals surface area contributed by atoms with Crippen molar-refractivity contribution < 1.29 is 13.2 Å². The van der Waals surface area contributed by atoms with Gasteiger partial charge in [0.1, 0.15) is 0 Å². The lowest BCUT2D eigenvalue weighted by atomic mass is 10.1. The predicted molar refractivity (Wildman–Crippen MR) is 82.1 cm³/mol. The first-order valence-corrected chi connectivity index (χ1v) is 6.99. The Bertz CT molecular complexity index is 624. The molecule has 0 radical (unpaired) electrons. The molecule has 0 aliphatic rings. The number of nitrogen functional groups attached to an aromatic ring is 1. The number of anilines is 2. The Morgan fingerprint density at radius 2 is 1.71 bits per heavy atom. The maximum absolute atomic E-state index is 13.1. The fraction of sp³-hybridized carbons (Fsp3) is 0.200. The van der Waals surface area contributed by atoms with Crippen molar-refractivity contribution >= 4 is 27.3 Å². The molecule has 0 saturated carbocycles. The second-order valence-corrected chi connectivity index (χ2v) is 5.67. The Kier molecular flexibility index (Phi) is 4.46. The van der Waals surface area contributed by atoms with Crippen molar-refractivity contribution in [2.45, 2.75) is 12.7 Å². The Balaban J connectivity index is 2.32. The largest absolute Gasteiger partial charge is 0.418 e. The molecule has 0 spiro atoms. The zero-order valence-electron chi connectivity index (χ0n) is 11.3. The number of halogens is 4. The highest BCUT2D eigenvalue weighted by molar-refractivity contribution is 9.10. The Morgan fingerprint density at radius 3 is 2.29 bits per heavy atom. The van der Waals surface area contributed by atoms with E-state index in [1.807, 2.05) is 0 Å². The molecule has 2 aromatic rings. The summed E-state index contributed by atoms with van der Waals surface area (Å²) in [7, 11) is 1.63. The third-order valence-corrected chi connectivity index (χ3v) is 3.57. The van der Waals surface area contributed by atoms with E-state index in [0.29, 0.717) is 16.7 Å². The van der Waals surface area contributed by atoms with Gasteiger partial charge in [0.2, 0.25) is 0 Å². The highest BCUT2D eigenvalue weighted by Crippen LogP contribution is 2.38. The molecule has 0 atom stereocenters. The Hall–Kier alpha value is -1.69. The number of benzene rings is 2. The second kappa shape index (κ2) is 5.97. The van der Waals surface area contributed by atoms with E-state index in [9.17, 15) is 13.2 Å². The minimum absolute atomic E-state index is 0.133. The lowest BCUT2D eigenvalue weighted by molar-refractivity contribution is -0.137. The zero-order chi connectivity index (χ0) is 15.6. The van der Waals surface area contributed by atoms with Crippen LogP contribution >= 0.6 is 15.9 Å². The molecule has 0 bridgehead atoms. The number of hydrogen-bond donors (Lipinski definition) is 1. The molecule has 0 aliphatic carbocycles. The molecule has 0 aliphatic heterocycles. The van der Waals surface area contributed by atoms with Crippen molar-refractivity contribution in [1.82, 2.24) is 0 Å². The van der Waals surface area contributed by atoms with Crippen LogP contribution in [0.1, 0.15) is 11.1 Å². The number of nitrogens with zero attached hydrogens (tertiary/aromatic N) is 1. The van der Waals surface area contributed by atoms with E-state index in [2.05, 4.69) is 15.9 Å². The van der Waals surface area contributed by atoms with Crippen LogP contribution in [0.5, 0.6) is 0 Å². The first-order chi connectivity index (χ1) is 9.77. The van der Waals surface area contributed by atoms with Crippen molar-refractivity contribution in [1.29, 1.82) is 0 Å². The third-order valence-electron chi connectivity index (χ3n) is 3.08. The number of rotatable bonds is 3. The van der Waals surface area contributed by atoms with Crippen LogP contribution in [0.25, 0.3) is 0 Å². The summed E-state index contributed by atoms with van der Waals surface area (Å²) < 4.78 is 39.8. The number of nitrogens with two attached hydrogens (primary N) is 1. The van der Waals surface area contributed by atoms with E-state index >= 15 is 0 Å². The van der Waals surface area contributed by atoms with E-state index in [-0.39, 0.29) is 5.69 Å². The van der Waals surface area contributed by atoms with Crippen LogP contribution in [-0.2, 0) is 12.7 Å². The maximum Gasteiger partial charge on any atom is 0.418 e. The SMILES string of the molecule is CN(Cc1ccc(N)cc1)c1cc(Br)ccc1C(F)(F)F. The molecule has 0 aromatic heterocycles. The van der Waals surface area contributed by atoms with Gasteiger partial charge < -0.3 is 10.6 Å². The van der Waals surface area contributed by atoms with Gasteiger partial charge in [0.25, 0.3) is 0 Å². The smallest absolute Gasteiger partial charge is 0.399 e. The maximum atomic E-state index is 13.1. The molecule has 21 heavy (non-hydrogen) atoms. The fourth-order valence-corrected chi connectivity index (χ4v) is 2.39. The van der Waals surface area contributed by atoms with Crippen molar-refractivity contribution in [2.75, 3.05) is 17.7 Å². The highest BCUT2D eigenvalue weighted by atomic mass is 79.9. The number of hydrogen-bond acceptors (Lipinski definition) is 2. The van der Waals surface area contributed by atoms with Gasteiger partial charge in [-0.1, -0.05) is 28.1 Å². The van der Waals surface area contributed by atoms with Crippen LogP contribution in [-0.4, -0.2) is 7.05 Å². The first kappa shape index (κ1) is 15.7. The highest BCUT2D eigenvalue weighted by Gasteiger charge is 2.34. The van der Waals surface area contributed by atoms with Crippen LogP contribution in [0.3, 0.4) is 0 Å². The van der Waals surface area contributed by atoms with Crippen molar-refractivity contribution in [2.24, 2.45) is 0 Å². The monoisotopic (exact) mass is 358 g/mol. The molecular weight excluding hydrogens is 345 g/mol. The summed E-state index contributed by atoms with van der Waals surface area (Å²) in [5.74, 6) is 0. The van der Waals surface area contributed by atoms with Gasteiger partial charge in [0.15, 0.2) is 0 Å². The lowest BCUT2D eigenvalue weighted by Crippen LogP contribution is -2.21. The summed E-state index contributed by atoms with van der Waals surface area (Å²) >= 11 is 3.22. The van der Waals surface area contributed by atoms with Gasteiger partial charge in [0, 0.05) is 23.8 Å². The van der Waals surface area contributed by atoms with Gasteiger partial charge in [-0.15, -0.1) is 0 Å². The molecule has 0 saturated heterocycles. The molecule has 0 fully saturated rings. The molecule has 112 valence electrons. The van der Waals surface area contributed by atoms with Gasteiger partial charge in [-0.2, -0.15) is 13.2 Å². The molecule has 0 unspecified atom stereocenters. The van der Waals surface area contributed by atoms with E-state index < -0.39 is 11.7 Å². The summed E-state index contributed by atoms with van der Waals surface area (Å²) in [4.78, 5) is 1.57. The molecule has 2 aromatic carbocycles. The summed E-state index contributed by atoms with van der Waals surface area (Å²) in [6.07, 6.45) is -4.38. The second-order valence-electron chi connectivity index (χ2n) is 4.76. The normalized spacial score (nSPS) is 11.5. The molecule has 6 heteroatoms. The van der Waals surface area contributed by atoms with Crippen LogP contribution in [0.2, 0.25) is 0 Å². The minimum atomic E-state index is -4.38. The lowest BCUT2D eigenvalue weighted by Gasteiger charge is -2.24.